The van der Waals surface area contributed by atoms with Gasteiger partial charge in [0.25, 0.3) is 0 Å². The third-order valence-corrected chi connectivity index (χ3v) is 4.08. The van der Waals surface area contributed by atoms with Crippen molar-refractivity contribution in [3.63, 3.8) is 0 Å². The number of carbonyl (C=O) groups is 1. The van der Waals surface area contributed by atoms with E-state index in [9.17, 15) is 4.79 Å². The van der Waals surface area contributed by atoms with Gasteiger partial charge in [-0.1, -0.05) is 68.4 Å². The van der Waals surface area contributed by atoms with Crippen LogP contribution in [0.15, 0.2) is 48.6 Å². The predicted molar refractivity (Wildman–Crippen MR) is 114 cm³/mol. The summed E-state index contributed by atoms with van der Waals surface area (Å²) in [5.74, 6) is -0.787. The zero-order chi connectivity index (χ0) is 19.3. The highest BCUT2D eigenvalue weighted by Gasteiger charge is 2.07. The van der Waals surface area contributed by atoms with Gasteiger partial charge < -0.3 is 10.4 Å². The predicted octanol–water partition coefficient (Wildman–Crippen LogP) is 6.19. The van der Waals surface area contributed by atoms with Crippen LogP contribution in [0.5, 0.6) is 0 Å². The molecule has 0 amide bonds. The van der Waals surface area contributed by atoms with E-state index in [1.807, 2.05) is 0 Å². The molecule has 2 N–H and O–H groups in total. The first-order valence-corrected chi connectivity index (χ1v) is 10.2. The summed E-state index contributed by atoms with van der Waals surface area (Å²) in [4.78, 5) is 10.6. The number of aliphatic carboxylic acids is 1. The van der Waals surface area contributed by atoms with E-state index in [2.05, 4.69) is 60.8 Å². The monoisotopic (exact) mass is 361 g/mol. The van der Waals surface area contributed by atoms with Crippen molar-refractivity contribution in [2.24, 2.45) is 0 Å². The maximum Gasteiger partial charge on any atom is 0.320 e. The lowest BCUT2D eigenvalue weighted by Gasteiger charge is -2.07. The fourth-order valence-electron chi connectivity index (χ4n) is 2.35. The zero-order valence-electron chi connectivity index (χ0n) is 16.8. The van der Waals surface area contributed by atoms with Gasteiger partial charge in [0.15, 0.2) is 0 Å². The molecule has 3 nitrogen and oxygen atoms in total. The van der Waals surface area contributed by atoms with Gasteiger partial charge in [-0.3, -0.25) is 4.79 Å². The van der Waals surface area contributed by atoms with Gasteiger partial charge in [-0.05, 0) is 64.8 Å². The Kier molecular flexibility index (Phi) is 18.5. The first kappa shape index (κ1) is 24.4. The van der Waals surface area contributed by atoms with Crippen LogP contribution < -0.4 is 5.32 Å². The molecule has 148 valence electrons. The molecular formula is C23H39NO2. The molecule has 0 bridgehead atoms. The second kappa shape index (κ2) is 19.7. The van der Waals surface area contributed by atoms with Gasteiger partial charge in [0.2, 0.25) is 0 Å². The van der Waals surface area contributed by atoms with Crippen LogP contribution in [0.1, 0.15) is 78.1 Å². The number of unbranched alkanes of at least 4 members (excludes halogenated alkanes) is 5. The second-order valence-corrected chi connectivity index (χ2v) is 6.60. The molecule has 0 aromatic carbocycles. The molecular weight excluding hydrogens is 322 g/mol. The Balaban J connectivity index is 3.42. The van der Waals surface area contributed by atoms with E-state index in [1.165, 1.54) is 25.7 Å². The maximum absolute atomic E-state index is 10.6. The van der Waals surface area contributed by atoms with Crippen molar-refractivity contribution < 1.29 is 9.90 Å². The molecule has 0 spiro atoms. The fraction of sp³-hybridized carbons (Fsp3) is 0.609. The van der Waals surface area contributed by atoms with Crippen molar-refractivity contribution in [1.82, 2.24) is 5.32 Å². The third kappa shape index (κ3) is 18.7. The SMILES string of the molecule is CCCCC/C=C\C/C=C\C/C=C\C/C=C\CCCCN[C@H](C)C(=O)O. The molecule has 0 heterocycles. The van der Waals surface area contributed by atoms with Crippen LogP contribution in [0.4, 0.5) is 0 Å². The van der Waals surface area contributed by atoms with Crippen LogP contribution in [-0.2, 0) is 4.79 Å². The van der Waals surface area contributed by atoms with E-state index in [4.69, 9.17) is 5.11 Å². The summed E-state index contributed by atoms with van der Waals surface area (Å²) in [5.41, 5.74) is 0. The summed E-state index contributed by atoms with van der Waals surface area (Å²) in [6.07, 6.45) is 29.2. The highest BCUT2D eigenvalue weighted by atomic mass is 16.4. The molecule has 0 aromatic heterocycles. The number of allylic oxidation sites excluding steroid dienone is 8. The first-order valence-electron chi connectivity index (χ1n) is 10.2. The molecule has 3 heteroatoms. The number of hydrogen-bond acceptors (Lipinski definition) is 2. The van der Waals surface area contributed by atoms with Gasteiger partial charge in [-0.15, -0.1) is 0 Å². The molecule has 0 saturated carbocycles. The van der Waals surface area contributed by atoms with Crippen molar-refractivity contribution in [2.45, 2.75) is 84.1 Å². The number of hydrogen-bond donors (Lipinski definition) is 2. The number of nitrogens with one attached hydrogen (secondary N) is 1. The largest absolute Gasteiger partial charge is 0.480 e. The van der Waals surface area contributed by atoms with Crippen molar-refractivity contribution in [3.05, 3.63) is 48.6 Å². The molecule has 0 fully saturated rings. The average Bonchev–Trinajstić information content (AvgIpc) is 2.63. The fourth-order valence-corrected chi connectivity index (χ4v) is 2.35. The molecule has 0 aliphatic carbocycles. The lowest BCUT2D eigenvalue weighted by Crippen LogP contribution is -2.34. The summed E-state index contributed by atoms with van der Waals surface area (Å²) < 4.78 is 0. The lowest BCUT2D eigenvalue weighted by atomic mass is 10.2. The van der Waals surface area contributed by atoms with Crippen LogP contribution in [0, 0.1) is 0 Å². The standard InChI is InChI=1S/C23H39NO2/c1-3-4-5-6-7-8-9-10-11-12-13-14-15-16-17-18-19-20-21-24-22(2)23(25)26/h7-8,10-11,13-14,16-17,22,24H,3-6,9,12,15,18-21H2,1-2H3,(H,25,26)/b8-7-,11-10-,14-13-,17-16-/t22-/m1/s1. The van der Waals surface area contributed by atoms with Crippen LogP contribution in [0.25, 0.3) is 0 Å². The molecule has 0 rings (SSSR count). The van der Waals surface area contributed by atoms with Crippen molar-refractivity contribution in [2.75, 3.05) is 6.54 Å². The maximum atomic E-state index is 10.6. The quantitative estimate of drug-likeness (QED) is 0.240. The van der Waals surface area contributed by atoms with E-state index in [0.717, 1.165) is 45.1 Å². The van der Waals surface area contributed by atoms with Gasteiger partial charge in [-0.2, -0.15) is 0 Å². The third-order valence-electron chi connectivity index (χ3n) is 4.08. The molecule has 1 atom stereocenters. The Morgan fingerprint density at radius 2 is 1.27 bits per heavy atom. The van der Waals surface area contributed by atoms with E-state index in [0.29, 0.717) is 0 Å². The van der Waals surface area contributed by atoms with Gasteiger partial charge in [0.05, 0.1) is 0 Å². The molecule has 0 saturated heterocycles. The van der Waals surface area contributed by atoms with Gasteiger partial charge in [0, 0.05) is 0 Å². The van der Waals surface area contributed by atoms with Gasteiger partial charge >= 0.3 is 5.97 Å². The average molecular weight is 362 g/mol. The lowest BCUT2D eigenvalue weighted by molar-refractivity contribution is -0.138. The molecule has 0 aliphatic rings. The number of carboxylic acids is 1. The Morgan fingerprint density at radius 3 is 1.73 bits per heavy atom. The second-order valence-electron chi connectivity index (χ2n) is 6.60. The topological polar surface area (TPSA) is 49.3 Å². The molecule has 0 radical (unpaired) electrons. The Bertz CT molecular complexity index is 435. The Morgan fingerprint density at radius 1 is 0.808 bits per heavy atom. The van der Waals surface area contributed by atoms with Crippen LogP contribution >= 0.6 is 0 Å². The molecule has 0 aromatic rings. The summed E-state index contributed by atoms with van der Waals surface area (Å²) in [7, 11) is 0. The van der Waals surface area contributed by atoms with E-state index in [-0.39, 0.29) is 0 Å². The summed E-state index contributed by atoms with van der Waals surface area (Å²) in [6, 6.07) is -0.452. The minimum atomic E-state index is -0.787. The number of rotatable bonds is 17. The van der Waals surface area contributed by atoms with Crippen molar-refractivity contribution in [1.29, 1.82) is 0 Å². The first-order chi connectivity index (χ1) is 12.7. The zero-order valence-corrected chi connectivity index (χ0v) is 16.8. The number of carboxylic acid groups (broad SMARTS) is 1. The van der Waals surface area contributed by atoms with Crippen molar-refractivity contribution >= 4 is 5.97 Å². The smallest absolute Gasteiger partial charge is 0.320 e. The Labute approximate surface area is 161 Å². The van der Waals surface area contributed by atoms with E-state index < -0.39 is 12.0 Å². The highest BCUT2D eigenvalue weighted by Crippen LogP contribution is 2.01. The Hall–Kier alpha value is -1.61. The van der Waals surface area contributed by atoms with Gasteiger partial charge in [-0.25, -0.2) is 0 Å². The molecule has 26 heavy (non-hydrogen) atoms. The minimum Gasteiger partial charge on any atom is -0.480 e. The van der Waals surface area contributed by atoms with Gasteiger partial charge in [0.1, 0.15) is 6.04 Å². The van der Waals surface area contributed by atoms with Crippen LogP contribution in [0.2, 0.25) is 0 Å². The van der Waals surface area contributed by atoms with E-state index >= 15 is 0 Å². The summed E-state index contributed by atoms with van der Waals surface area (Å²) in [5, 5.41) is 11.7. The molecule has 0 unspecified atom stereocenters. The normalized spacial score (nSPS) is 13.6. The summed E-state index contributed by atoms with van der Waals surface area (Å²) in [6.45, 7) is 4.68. The van der Waals surface area contributed by atoms with Crippen molar-refractivity contribution in [3.8, 4) is 0 Å². The van der Waals surface area contributed by atoms with E-state index in [1.54, 1.807) is 6.92 Å². The van der Waals surface area contributed by atoms with Crippen LogP contribution in [0.3, 0.4) is 0 Å². The molecule has 0 aliphatic heterocycles. The summed E-state index contributed by atoms with van der Waals surface area (Å²) >= 11 is 0. The van der Waals surface area contributed by atoms with Crippen LogP contribution in [-0.4, -0.2) is 23.7 Å². The minimum absolute atomic E-state index is 0.452. The highest BCUT2D eigenvalue weighted by molar-refractivity contribution is 5.72.